The second-order valence-electron chi connectivity index (χ2n) is 3.59. The number of aromatic carboxylic acids is 1. The van der Waals surface area contributed by atoms with Gasteiger partial charge < -0.3 is 9.84 Å². The molecule has 0 aliphatic rings. The van der Waals surface area contributed by atoms with Crippen LogP contribution >= 0.6 is 27.7 Å². The van der Waals surface area contributed by atoms with Gasteiger partial charge in [0.1, 0.15) is 10.8 Å². The fourth-order valence-electron chi connectivity index (χ4n) is 1.44. The summed E-state index contributed by atoms with van der Waals surface area (Å²) in [6.07, 6.45) is 1.58. The molecule has 0 aliphatic carbocycles. The third-order valence-corrected chi connectivity index (χ3v) is 3.75. The van der Waals surface area contributed by atoms with Gasteiger partial charge in [0.2, 0.25) is 0 Å². The highest BCUT2D eigenvalue weighted by Crippen LogP contribution is 2.31. The van der Waals surface area contributed by atoms with E-state index in [1.807, 2.05) is 24.3 Å². The number of halogens is 1. The number of carboxylic acid groups (broad SMARTS) is 1. The summed E-state index contributed by atoms with van der Waals surface area (Å²) in [5.74, 6) is -0.279. The molecule has 2 rings (SSSR count). The van der Waals surface area contributed by atoms with Crippen LogP contribution in [0.2, 0.25) is 0 Å². The van der Waals surface area contributed by atoms with Gasteiger partial charge in [-0.1, -0.05) is 17.8 Å². The first kappa shape index (κ1) is 13.9. The molecule has 0 spiro atoms. The Labute approximate surface area is 122 Å². The van der Waals surface area contributed by atoms with E-state index >= 15 is 0 Å². The molecule has 0 aliphatic heterocycles. The molecule has 4 nitrogen and oxygen atoms in total. The molecule has 2 aromatic rings. The number of benzene rings is 1. The molecule has 98 valence electrons. The van der Waals surface area contributed by atoms with E-state index in [0.717, 1.165) is 10.6 Å². The zero-order valence-electron chi connectivity index (χ0n) is 9.96. The molecule has 0 amide bonds. The normalized spacial score (nSPS) is 10.2. The van der Waals surface area contributed by atoms with Crippen LogP contribution in [0, 0.1) is 0 Å². The standard InChI is InChI=1S/C13H10BrNO3S/c1-18-9-3-2-4-10(6-9)19-12-11(13(16)17)5-8(14)7-15-12/h2-7H,1H3,(H,16,17). The number of pyridine rings is 1. The Hall–Kier alpha value is -1.53. The Morgan fingerprint density at radius 1 is 1.42 bits per heavy atom. The van der Waals surface area contributed by atoms with Crippen LogP contribution in [0.25, 0.3) is 0 Å². The molecule has 0 atom stereocenters. The van der Waals surface area contributed by atoms with E-state index in [-0.39, 0.29) is 5.56 Å². The Morgan fingerprint density at radius 2 is 2.21 bits per heavy atom. The van der Waals surface area contributed by atoms with Gasteiger partial charge in [-0.2, -0.15) is 0 Å². The smallest absolute Gasteiger partial charge is 0.338 e. The maximum absolute atomic E-state index is 11.2. The van der Waals surface area contributed by atoms with Crippen LogP contribution in [0.15, 0.2) is 50.9 Å². The molecular weight excluding hydrogens is 330 g/mol. The van der Waals surface area contributed by atoms with E-state index in [9.17, 15) is 9.90 Å². The molecule has 1 N–H and O–H groups in total. The van der Waals surface area contributed by atoms with Crippen molar-refractivity contribution in [3.8, 4) is 5.75 Å². The number of carbonyl (C=O) groups is 1. The maximum atomic E-state index is 11.2. The van der Waals surface area contributed by atoms with Gasteiger partial charge in [-0.3, -0.25) is 0 Å². The number of ether oxygens (including phenoxy) is 1. The van der Waals surface area contributed by atoms with Gasteiger partial charge in [-0.15, -0.1) is 0 Å². The van der Waals surface area contributed by atoms with Gasteiger partial charge in [0, 0.05) is 15.6 Å². The Kier molecular flexibility index (Phi) is 4.44. The predicted octanol–water partition coefficient (Wildman–Crippen LogP) is 3.70. The SMILES string of the molecule is COc1cccc(Sc2ncc(Br)cc2C(=O)O)c1. The molecule has 6 heteroatoms. The predicted molar refractivity (Wildman–Crippen MR) is 76.0 cm³/mol. The largest absolute Gasteiger partial charge is 0.497 e. The van der Waals surface area contributed by atoms with E-state index in [1.54, 1.807) is 13.3 Å². The Morgan fingerprint density at radius 3 is 2.89 bits per heavy atom. The molecule has 0 radical (unpaired) electrons. The average Bonchev–Trinajstić information content (AvgIpc) is 2.41. The zero-order chi connectivity index (χ0) is 13.8. The van der Waals surface area contributed by atoms with Crippen LogP contribution in [0.4, 0.5) is 0 Å². The molecule has 0 unspecified atom stereocenters. The van der Waals surface area contributed by atoms with Crippen molar-refractivity contribution in [2.24, 2.45) is 0 Å². The first-order valence-corrected chi connectivity index (χ1v) is 6.92. The fourth-order valence-corrected chi connectivity index (χ4v) is 2.68. The average molecular weight is 340 g/mol. The van der Waals surface area contributed by atoms with E-state index in [2.05, 4.69) is 20.9 Å². The van der Waals surface area contributed by atoms with Gasteiger partial charge in [-0.25, -0.2) is 9.78 Å². The first-order chi connectivity index (χ1) is 9.10. The van der Waals surface area contributed by atoms with Gasteiger partial charge >= 0.3 is 5.97 Å². The van der Waals surface area contributed by atoms with Crippen molar-refractivity contribution in [2.45, 2.75) is 9.92 Å². The minimum atomic E-state index is -1.00. The summed E-state index contributed by atoms with van der Waals surface area (Å²) in [6, 6.07) is 8.93. The molecule has 0 saturated carbocycles. The summed E-state index contributed by atoms with van der Waals surface area (Å²) in [7, 11) is 1.59. The second kappa shape index (κ2) is 6.08. The fraction of sp³-hybridized carbons (Fsp3) is 0.0769. The molecule has 0 bridgehead atoms. The second-order valence-corrected chi connectivity index (χ2v) is 5.57. The number of methoxy groups -OCH3 is 1. The summed E-state index contributed by atoms with van der Waals surface area (Å²) in [5.41, 5.74) is 0.169. The lowest BCUT2D eigenvalue weighted by atomic mass is 10.3. The summed E-state index contributed by atoms with van der Waals surface area (Å²) in [5, 5.41) is 9.62. The Bertz CT molecular complexity index is 619. The highest BCUT2D eigenvalue weighted by molar-refractivity contribution is 9.10. The van der Waals surface area contributed by atoms with Crippen LogP contribution in [0.5, 0.6) is 5.75 Å². The number of rotatable bonds is 4. The third kappa shape index (κ3) is 3.48. The minimum Gasteiger partial charge on any atom is -0.497 e. The number of carboxylic acids is 1. The number of nitrogens with zero attached hydrogens (tertiary/aromatic N) is 1. The van der Waals surface area contributed by atoms with Crippen LogP contribution in [0.3, 0.4) is 0 Å². The third-order valence-electron chi connectivity index (χ3n) is 2.30. The minimum absolute atomic E-state index is 0.169. The van der Waals surface area contributed by atoms with Crippen molar-refractivity contribution in [2.75, 3.05) is 7.11 Å². The molecule has 19 heavy (non-hydrogen) atoms. The quantitative estimate of drug-likeness (QED) is 0.920. The maximum Gasteiger partial charge on any atom is 0.338 e. The van der Waals surface area contributed by atoms with Crippen LogP contribution in [-0.2, 0) is 0 Å². The number of hydrogen-bond donors (Lipinski definition) is 1. The van der Waals surface area contributed by atoms with Gasteiger partial charge in [0.25, 0.3) is 0 Å². The topological polar surface area (TPSA) is 59.4 Å². The van der Waals surface area contributed by atoms with E-state index in [1.165, 1.54) is 17.8 Å². The summed E-state index contributed by atoms with van der Waals surface area (Å²) in [4.78, 5) is 16.2. The highest BCUT2D eigenvalue weighted by Gasteiger charge is 2.13. The van der Waals surface area contributed by atoms with Gasteiger partial charge in [0.15, 0.2) is 0 Å². The van der Waals surface area contributed by atoms with Gasteiger partial charge in [-0.05, 0) is 40.2 Å². The number of hydrogen-bond acceptors (Lipinski definition) is 4. The summed E-state index contributed by atoms with van der Waals surface area (Å²) in [6.45, 7) is 0. The zero-order valence-corrected chi connectivity index (χ0v) is 12.4. The molecule has 1 heterocycles. The van der Waals surface area contributed by atoms with Crippen molar-refractivity contribution in [1.29, 1.82) is 0 Å². The lowest BCUT2D eigenvalue weighted by Gasteiger charge is -2.06. The first-order valence-electron chi connectivity index (χ1n) is 5.31. The summed E-state index contributed by atoms with van der Waals surface area (Å²) >= 11 is 4.51. The molecule has 0 fully saturated rings. The van der Waals surface area contributed by atoms with Gasteiger partial charge in [0.05, 0.1) is 12.7 Å². The van der Waals surface area contributed by atoms with Crippen molar-refractivity contribution >= 4 is 33.7 Å². The van der Waals surface area contributed by atoms with Crippen molar-refractivity contribution < 1.29 is 14.6 Å². The van der Waals surface area contributed by atoms with E-state index in [4.69, 9.17) is 4.74 Å². The van der Waals surface area contributed by atoms with Crippen molar-refractivity contribution in [1.82, 2.24) is 4.98 Å². The highest BCUT2D eigenvalue weighted by atomic mass is 79.9. The van der Waals surface area contributed by atoms with E-state index < -0.39 is 5.97 Å². The Balaban J connectivity index is 2.34. The van der Waals surface area contributed by atoms with Crippen LogP contribution < -0.4 is 4.74 Å². The van der Waals surface area contributed by atoms with E-state index in [0.29, 0.717) is 9.50 Å². The lowest BCUT2D eigenvalue weighted by molar-refractivity contribution is 0.0692. The lowest BCUT2D eigenvalue weighted by Crippen LogP contribution is -2.00. The molecule has 1 aromatic carbocycles. The molecule has 1 aromatic heterocycles. The number of aromatic nitrogens is 1. The van der Waals surface area contributed by atoms with Crippen molar-refractivity contribution in [3.63, 3.8) is 0 Å². The summed E-state index contributed by atoms with van der Waals surface area (Å²) < 4.78 is 5.77. The van der Waals surface area contributed by atoms with Crippen LogP contribution in [-0.4, -0.2) is 23.2 Å². The van der Waals surface area contributed by atoms with Crippen LogP contribution in [0.1, 0.15) is 10.4 Å². The van der Waals surface area contributed by atoms with Crippen molar-refractivity contribution in [3.05, 3.63) is 46.6 Å². The molecular formula is C13H10BrNO3S. The monoisotopic (exact) mass is 339 g/mol. The molecule has 0 saturated heterocycles.